The Morgan fingerprint density at radius 1 is 0.977 bits per heavy atom. The highest BCUT2D eigenvalue weighted by Crippen LogP contribution is 2.46. The van der Waals surface area contributed by atoms with Gasteiger partial charge in [-0.2, -0.15) is 0 Å². The summed E-state index contributed by atoms with van der Waals surface area (Å²) in [5.74, 6) is 1.78. The van der Waals surface area contributed by atoms with Crippen LogP contribution >= 0.6 is 0 Å². The molecule has 3 aromatic carbocycles. The number of piperazine rings is 1. The van der Waals surface area contributed by atoms with Gasteiger partial charge in [0.15, 0.2) is 17.3 Å². The fraction of sp³-hybridized carbons (Fsp3) is 0.417. The van der Waals surface area contributed by atoms with Gasteiger partial charge in [-0.05, 0) is 77.8 Å². The number of benzene rings is 3. The third kappa shape index (κ3) is 5.58. The average molecular weight is 597 g/mol. The Morgan fingerprint density at radius 3 is 2.64 bits per heavy atom. The molecule has 3 heterocycles. The lowest BCUT2D eigenvalue weighted by atomic mass is 9.78. The molecule has 230 valence electrons. The van der Waals surface area contributed by atoms with Gasteiger partial charge in [0.2, 0.25) is 13.1 Å². The predicted octanol–water partition coefficient (Wildman–Crippen LogP) is 5.08. The van der Waals surface area contributed by atoms with Crippen molar-refractivity contribution in [2.24, 2.45) is 5.92 Å². The molecule has 3 aliphatic heterocycles. The number of hydrogen-bond acceptors (Lipinski definition) is 7. The van der Waals surface area contributed by atoms with Crippen molar-refractivity contribution in [1.82, 2.24) is 9.80 Å². The lowest BCUT2D eigenvalue weighted by Gasteiger charge is -2.40. The number of carbonyl (C=O) groups excluding carboxylic acids is 1. The van der Waals surface area contributed by atoms with E-state index < -0.39 is 6.29 Å². The van der Waals surface area contributed by atoms with Gasteiger partial charge in [0, 0.05) is 57.8 Å². The maximum Gasteiger partial charge on any atom is 0.288 e. The van der Waals surface area contributed by atoms with E-state index in [1.54, 1.807) is 0 Å². The minimum atomic E-state index is -0.563. The summed E-state index contributed by atoms with van der Waals surface area (Å²) in [6.07, 6.45) is 3.72. The summed E-state index contributed by atoms with van der Waals surface area (Å²) >= 11 is 0. The second kappa shape index (κ2) is 12.6. The number of nitrogens with zero attached hydrogens (tertiary/aromatic N) is 2. The second-order valence-corrected chi connectivity index (χ2v) is 12.0. The van der Waals surface area contributed by atoms with E-state index in [2.05, 4.69) is 53.4 Å². The summed E-state index contributed by atoms with van der Waals surface area (Å²) in [6, 6.07) is 21.2. The summed E-state index contributed by atoms with van der Waals surface area (Å²) in [5.41, 5.74) is 7.57. The highest BCUT2D eigenvalue weighted by Gasteiger charge is 2.40. The molecule has 0 unspecified atom stereocenters. The van der Waals surface area contributed by atoms with Gasteiger partial charge in [-0.25, -0.2) is 0 Å². The lowest BCUT2D eigenvalue weighted by molar-refractivity contribution is -0.171. The number of carbonyl (C=O) groups is 1. The zero-order chi connectivity index (χ0) is 30.0. The third-order valence-corrected chi connectivity index (χ3v) is 9.37. The maximum absolute atomic E-state index is 14.0. The van der Waals surface area contributed by atoms with E-state index in [4.69, 9.17) is 18.9 Å². The number of amides is 1. The Hall–Kier alpha value is -3.85. The van der Waals surface area contributed by atoms with Crippen LogP contribution in [0.3, 0.4) is 0 Å². The van der Waals surface area contributed by atoms with E-state index in [0.29, 0.717) is 31.9 Å². The molecule has 1 aliphatic carbocycles. The van der Waals surface area contributed by atoms with Crippen molar-refractivity contribution in [2.45, 2.75) is 44.9 Å². The zero-order valence-corrected chi connectivity index (χ0v) is 25.2. The number of hydrogen-bond donors (Lipinski definition) is 1. The summed E-state index contributed by atoms with van der Waals surface area (Å²) in [7, 11) is 0. The molecule has 7 rings (SSSR count). The van der Waals surface area contributed by atoms with Crippen molar-refractivity contribution in [3.05, 3.63) is 94.8 Å². The second-order valence-electron chi connectivity index (χ2n) is 12.0. The van der Waals surface area contributed by atoms with Crippen LogP contribution in [0.25, 0.3) is 11.1 Å². The average Bonchev–Trinajstić information content (AvgIpc) is 3.68. The van der Waals surface area contributed by atoms with Crippen molar-refractivity contribution < 1.29 is 28.8 Å². The summed E-state index contributed by atoms with van der Waals surface area (Å²) in [4.78, 5) is 18.3. The molecule has 3 aromatic rings. The number of aliphatic hydroxyl groups is 1. The van der Waals surface area contributed by atoms with E-state index in [-0.39, 0.29) is 31.1 Å². The fourth-order valence-corrected chi connectivity index (χ4v) is 7.17. The van der Waals surface area contributed by atoms with Gasteiger partial charge in [-0.1, -0.05) is 48.5 Å². The van der Waals surface area contributed by atoms with E-state index >= 15 is 0 Å². The smallest absolute Gasteiger partial charge is 0.288 e. The highest BCUT2D eigenvalue weighted by molar-refractivity contribution is 5.92. The van der Waals surface area contributed by atoms with Gasteiger partial charge in [-0.15, -0.1) is 0 Å². The number of aliphatic hydroxyl groups excluding tert-OH is 1. The molecular weight excluding hydrogens is 556 g/mol. The van der Waals surface area contributed by atoms with Crippen molar-refractivity contribution in [1.29, 1.82) is 0 Å². The first-order valence-electron chi connectivity index (χ1n) is 15.8. The number of ether oxygens (including phenoxy) is 4. The lowest BCUT2D eigenvalue weighted by Crippen LogP contribution is -2.49. The third-order valence-electron chi connectivity index (χ3n) is 9.37. The van der Waals surface area contributed by atoms with Crippen LogP contribution < -0.4 is 9.47 Å². The number of allylic oxidation sites excluding steroid dienone is 1. The van der Waals surface area contributed by atoms with Crippen LogP contribution in [-0.4, -0.2) is 73.3 Å². The Balaban J connectivity index is 1.12. The minimum Gasteiger partial charge on any atom is -0.459 e. The normalized spacial score (nSPS) is 22.3. The van der Waals surface area contributed by atoms with Crippen molar-refractivity contribution >= 4 is 5.91 Å². The van der Waals surface area contributed by atoms with Gasteiger partial charge in [0.05, 0.1) is 0 Å². The van der Waals surface area contributed by atoms with E-state index in [1.165, 1.54) is 33.4 Å². The van der Waals surface area contributed by atoms with Crippen LogP contribution in [0.5, 0.6) is 11.5 Å². The van der Waals surface area contributed by atoms with Crippen LogP contribution in [0, 0.1) is 5.92 Å². The Bertz CT molecular complexity index is 1550. The molecule has 0 bridgehead atoms. The van der Waals surface area contributed by atoms with Crippen molar-refractivity contribution in [3.8, 4) is 22.6 Å². The molecule has 3 atom stereocenters. The highest BCUT2D eigenvalue weighted by atomic mass is 16.7. The SMILES string of the molecule is CCO[C@@H]1OC(C(=O)N2CCN(Cc3ccc4c(c3)OCO4)CC2)=C[C@H](c2cccc3c2Cc2ccccc2-3)[C@@H]1CCCO. The molecule has 1 amide bonds. The topological polar surface area (TPSA) is 80.7 Å². The Morgan fingerprint density at radius 2 is 1.80 bits per heavy atom. The Kier molecular flexibility index (Phi) is 8.30. The molecule has 0 radical (unpaired) electrons. The van der Waals surface area contributed by atoms with E-state index in [1.807, 2.05) is 30.0 Å². The molecule has 0 saturated carbocycles. The van der Waals surface area contributed by atoms with Crippen LogP contribution in [0.1, 0.15) is 47.9 Å². The molecule has 44 heavy (non-hydrogen) atoms. The minimum absolute atomic E-state index is 0.0209. The molecule has 8 nitrogen and oxygen atoms in total. The van der Waals surface area contributed by atoms with Gasteiger partial charge in [0.1, 0.15) is 0 Å². The molecule has 4 aliphatic rings. The molecule has 1 N–H and O–H groups in total. The van der Waals surface area contributed by atoms with Crippen LogP contribution in [-0.2, 0) is 27.2 Å². The summed E-state index contributed by atoms with van der Waals surface area (Å²) < 4.78 is 23.5. The molecule has 0 aromatic heterocycles. The monoisotopic (exact) mass is 596 g/mol. The molecule has 1 fully saturated rings. The number of rotatable bonds is 9. The van der Waals surface area contributed by atoms with Gasteiger partial charge in [0.25, 0.3) is 5.91 Å². The molecule has 1 saturated heterocycles. The summed E-state index contributed by atoms with van der Waals surface area (Å²) in [5, 5.41) is 9.74. The zero-order valence-electron chi connectivity index (χ0n) is 25.2. The standard InChI is InChI=1S/C36H40N2O6/c1-2-41-36-29(11-6-18-39)31(28-10-5-9-27-26-8-4-3-7-25(26)20-30(27)28)21-34(44-36)35(40)38-16-14-37(15-17-38)22-24-12-13-32-33(19-24)43-23-42-32/h3-5,7-10,12-13,19,21,29,31,36,39H,2,6,11,14-18,20,22-23H2,1H3/t29-,31+,36+/m0/s1. The van der Waals surface area contributed by atoms with E-state index in [9.17, 15) is 9.90 Å². The van der Waals surface area contributed by atoms with Gasteiger partial charge < -0.3 is 29.0 Å². The number of fused-ring (bicyclic) bond motifs is 4. The predicted molar refractivity (Wildman–Crippen MR) is 166 cm³/mol. The largest absolute Gasteiger partial charge is 0.459 e. The van der Waals surface area contributed by atoms with Crippen LogP contribution in [0.2, 0.25) is 0 Å². The quantitative estimate of drug-likeness (QED) is 0.289. The van der Waals surface area contributed by atoms with E-state index in [0.717, 1.165) is 44.0 Å². The molecule has 8 heteroatoms. The summed E-state index contributed by atoms with van der Waals surface area (Å²) in [6.45, 7) is 6.39. The van der Waals surface area contributed by atoms with Crippen LogP contribution in [0.4, 0.5) is 0 Å². The van der Waals surface area contributed by atoms with Crippen molar-refractivity contribution in [3.63, 3.8) is 0 Å². The first-order valence-corrected chi connectivity index (χ1v) is 15.8. The maximum atomic E-state index is 14.0. The first kappa shape index (κ1) is 28.9. The van der Waals surface area contributed by atoms with Gasteiger partial charge in [-0.3, -0.25) is 9.69 Å². The van der Waals surface area contributed by atoms with Gasteiger partial charge >= 0.3 is 0 Å². The Labute approximate surface area is 258 Å². The molecular formula is C36H40N2O6. The molecule has 0 spiro atoms. The van der Waals surface area contributed by atoms with Crippen LogP contribution in [0.15, 0.2) is 72.5 Å². The van der Waals surface area contributed by atoms with Crippen molar-refractivity contribution in [2.75, 3.05) is 46.2 Å². The first-order chi connectivity index (χ1) is 21.6. The fourth-order valence-electron chi connectivity index (χ4n) is 7.17.